The Morgan fingerprint density at radius 3 is 2.21 bits per heavy atom. The predicted octanol–water partition coefficient (Wildman–Crippen LogP) is 6.04. The van der Waals surface area contributed by atoms with Gasteiger partial charge in [-0.3, -0.25) is 4.79 Å². The molecule has 0 heterocycles. The molecular weight excluding hydrogens is 616 g/mol. The average molecular weight is 634 g/mol. The molecule has 0 saturated carbocycles. The first-order valence-corrected chi connectivity index (χ1v) is 19.8. The second-order valence-corrected chi connectivity index (χ2v) is 40.2. The monoisotopic (exact) mass is 634 g/mol. The molecule has 0 bridgehead atoms. The van der Waals surface area contributed by atoms with Gasteiger partial charge in [-0.1, -0.05) is 6.07 Å². The Morgan fingerprint density at radius 1 is 1.16 bits per heavy atom. The summed E-state index contributed by atoms with van der Waals surface area (Å²) >= 11 is 7.39. The number of ketones is 1. The second-order valence-electron chi connectivity index (χ2n) is 4.79. The molecule has 0 unspecified atom stereocenters. The van der Waals surface area contributed by atoms with Gasteiger partial charge in [-0.05, 0) is 68.7 Å². The van der Waals surface area contributed by atoms with Crippen LogP contribution in [0.4, 0.5) is 0 Å². The second kappa shape index (κ2) is 8.95. The molecule has 5 heteroatoms. The van der Waals surface area contributed by atoms with Crippen molar-refractivity contribution in [2.75, 3.05) is 0 Å². The van der Waals surface area contributed by atoms with Crippen molar-refractivity contribution < 1.29 is 9.72 Å². The van der Waals surface area contributed by atoms with Crippen molar-refractivity contribution in [3.8, 4) is 0 Å². The summed E-state index contributed by atoms with van der Waals surface area (Å²) in [5.41, 5.74) is 6.19. The molecule has 0 radical (unpaired) electrons. The van der Waals surface area contributed by atoms with Crippen molar-refractivity contribution in [2.24, 2.45) is 0 Å². The Labute approximate surface area is 153 Å². The van der Waals surface area contributed by atoms with E-state index >= 15 is 0 Å². The Hall–Kier alpha value is 1.66. The summed E-state index contributed by atoms with van der Waals surface area (Å²) < 4.78 is 0. The van der Waals surface area contributed by atoms with Crippen LogP contribution in [0, 0.1) is 13.8 Å². The summed E-state index contributed by atoms with van der Waals surface area (Å²) in [4.78, 5) is 11.4. The number of fused-ring (bicyclic) bond motifs is 1. The Kier molecular flexibility index (Phi) is 8.82. The van der Waals surface area contributed by atoms with E-state index in [4.69, 9.17) is 0 Å². The zero-order valence-corrected chi connectivity index (χ0v) is 19.3. The van der Waals surface area contributed by atoms with Crippen LogP contribution in [0.25, 0.3) is 0 Å². The van der Waals surface area contributed by atoms with Crippen LogP contribution in [-0.4, -0.2) is 5.78 Å². The third kappa shape index (κ3) is 5.75. The van der Waals surface area contributed by atoms with Crippen LogP contribution in [0.1, 0.15) is 52.4 Å². The molecule has 0 aliphatic heterocycles. The molecule has 0 atom stereocenters. The van der Waals surface area contributed by atoms with Crippen LogP contribution < -0.4 is 0 Å². The van der Waals surface area contributed by atoms with Gasteiger partial charge < -0.3 is 0 Å². The van der Waals surface area contributed by atoms with Gasteiger partial charge in [0.05, 0.1) is 0 Å². The Bertz CT molecular complexity index is 469. The first-order valence-electron chi connectivity index (χ1n) is 6.25. The third-order valence-electron chi connectivity index (χ3n) is 3.52. The SMILES string of the molecule is CC(=O)c1c(C)c(C)cc2c1CCCC2.[I][V]([I])[I]. The molecule has 0 N–H and O–H groups in total. The van der Waals surface area contributed by atoms with Crippen LogP contribution in [0.3, 0.4) is 0 Å². The van der Waals surface area contributed by atoms with Gasteiger partial charge in [0.1, 0.15) is 0 Å². The van der Waals surface area contributed by atoms with Gasteiger partial charge in [-0.25, -0.2) is 0 Å². The van der Waals surface area contributed by atoms with E-state index in [9.17, 15) is 4.79 Å². The number of hydrogen-bond acceptors (Lipinski definition) is 1. The van der Waals surface area contributed by atoms with Gasteiger partial charge in [-0.15, -0.1) is 0 Å². The number of halogens is 3. The third-order valence-corrected chi connectivity index (χ3v) is 3.52. The zero-order chi connectivity index (χ0) is 14.6. The van der Waals surface area contributed by atoms with Crippen LogP contribution in [-0.2, 0) is 17.8 Å². The van der Waals surface area contributed by atoms with E-state index in [1.807, 2.05) is 0 Å². The van der Waals surface area contributed by atoms with E-state index in [1.165, 1.54) is 35.1 Å². The number of rotatable bonds is 1. The van der Waals surface area contributed by atoms with Gasteiger partial charge in [0.15, 0.2) is 5.78 Å². The van der Waals surface area contributed by atoms with E-state index in [0.29, 0.717) is 0 Å². The topological polar surface area (TPSA) is 17.1 Å². The molecular formula is C14H18I3OV. The van der Waals surface area contributed by atoms with E-state index in [2.05, 4.69) is 79.9 Å². The molecule has 1 nitrogen and oxygen atoms in total. The van der Waals surface area contributed by atoms with Crippen molar-refractivity contribution >= 4 is 65.7 Å². The van der Waals surface area contributed by atoms with E-state index in [0.717, 1.165) is 18.4 Å². The maximum atomic E-state index is 11.7. The van der Waals surface area contributed by atoms with E-state index in [1.54, 1.807) is 6.92 Å². The summed E-state index contributed by atoms with van der Waals surface area (Å²) in [5, 5.41) is 0. The quantitative estimate of drug-likeness (QED) is 0.272. The molecule has 0 spiro atoms. The fourth-order valence-corrected chi connectivity index (χ4v) is 2.64. The summed E-state index contributed by atoms with van der Waals surface area (Å²) in [7, 11) is 0. The minimum atomic E-state index is -0.278. The van der Waals surface area contributed by atoms with Crippen LogP contribution in [0.2, 0.25) is 0 Å². The van der Waals surface area contributed by atoms with E-state index < -0.39 is 0 Å². The normalized spacial score (nSPS) is 13.6. The molecule has 0 saturated heterocycles. The molecule has 106 valence electrons. The Balaban J connectivity index is 0.000000399. The number of carbonyl (C=O) groups is 1. The van der Waals surface area contributed by atoms with E-state index in [-0.39, 0.29) is 10.7 Å². The first-order chi connectivity index (χ1) is 8.84. The van der Waals surface area contributed by atoms with Crippen LogP contribution in [0.15, 0.2) is 6.07 Å². The molecule has 0 fully saturated rings. The standard InChI is InChI=1S/C14H18O.3HI.V/c1-9-8-12-6-4-5-7-13(12)14(10(9)2)11(3)15;;;;/h8H,4-7H2,1-3H3;3*1H;/q;;;;+3/p-3. The van der Waals surface area contributed by atoms with Gasteiger partial charge >= 0.3 is 64.9 Å². The summed E-state index contributed by atoms with van der Waals surface area (Å²) in [6, 6.07) is 2.27. The van der Waals surface area contributed by atoms with Crippen molar-refractivity contribution in [1.29, 1.82) is 0 Å². The fraction of sp³-hybridized carbons (Fsp3) is 0.500. The number of Topliss-reactive ketones (excluding diaryl/α,β-unsaturated/α-hetero) is 1. The number of aryl methyl sites for hydroxylation is 2. The summed E-state index contributed by atoms with van der Waals surface area (Å²) in [5.74, 6) is 0.231. The maximum absolute atomic E-state index is 11.7. The van der Waals surface area contributed by atoms with Gasteiger partial charge in [0.2, 0.25) is 0 Å². The van der Waals surface area contributed by atoms with Crippen LogP contribution in [0.5, 0.6) is 0 Å². The zero-order valence-electron chi connectivity index (χ0n) is 11.4. The number of carbonyl (C=O) groups excluding carboxylic acids is 1. The van der Waals surface area contributed by atoms with Gasteiger partial charge in [0, 0.05) is 5.56 Å². The molecule has 1 aromatic carbocycles. The Morgan fingerprint density at radius 2 is 1.68 bits per heavy atom. The molecule has 0 aromatic heterocycles. The van der Waals surface area contributed by atoms with Crippen molar-refractivity contribution in [1.82, 2.24) is 0 Å². The molecule has 19 heavy (non-hydrogen) atoms. The average Bonchev–Trinajstić information content (AvgIpc) is 2.29. The number of hydrogen-bond donors (Lipinski definition) is 0. The van der Waals surface area contributed by atoms with Gasteiger partial charge in [-0.2, -0.15) is 0 Å². The predicted molar refractivity (Wildman–Crippen MR) is 105 cm³/mol. The van der Waals surface area contributed by atoms with Crippen molar-refractivity contribution in [3.63, 3.8) is 0 Å². The summed E-state index contributed by atoms with van der Waals surface area (Å²) in [6.45, 7) is 5.87. The summed E-state index contributed by atoms with van der Waals surface area (Å²) in [6.07, 6.45) is 4.74. The van der Waals surface area contributed by atoms with Gasteiger partial charge in [0.25, 0.3) is 0 Å². The fourth-order valence-electron chi connectivity index (χ4n) is 2.64. The molecule has 1 aliphatic carbocycles. The number of benzene rings is 1. The molecule has 2 rings (SSSR count). The minimum absolute atomic E-state index is 0.231. The molecule has 1 aromatic rings. The van der Waals surface area contributed by atoms with Crippen molar-refractivity contribution in [3.05, 3.63) is 33.9 Å². The first kappa shape index (κ1) is 18.7. The van der Waals surface area contributed by atoms with Crippen molar-refractivity contribution in [2.45, 2.75) is 46.5 Å². The van der Waals surface area contributed by atoms with Crippen LogP contribution >= 0.6 is 59.9 Å². The molecule has 1 aliphatic rings. The molecule has 0 amide bonds.